The summed E-state index contributed by atoms with van der Waals surface area (Å²) >= 11 is 0. The molecule has 0 spiro atoms. The molecule has 1 rings (SSSR count). The summed E-state index contributed by atoms with van der Waals surface area (Å²) in [4.78, 5) is 23.5. The third-order valence-electron chi connectivity index (χ3n) is 3.85. The largest absolute Gasteiger partial charge is 0.336 e. The first-order valence-electron chi connectivity index (χ1n) is 8.86. The second-order valence-corrected chi connectivity index (χ2v) is 6.88. The summed E-state index contributed by atoms with van der Waals surface area (Å²) in [6.07, 6.45) is 2.22. The van der Waals surface area contributed by atoms with Gasteiger partial charge >= 0.3 is 6.03 Å². The van der Waals surface area contributed by atoms with Crippen molar-refractivity contribution in [2.24, 2.45) is 5.92 Å². The van der Waals surface area contributed by atoms with Crippen LogP contribution in [0, 0.1) is 5.92 Å². The number of carbonyl (C=O) groups is 2. The summed E-state index contributed by atoms with van der Waals surface area (Å²) in [6.45, 7) is 10.4. The molecule has 0 heterocycles. The van der Waals surface area contributed by atoms with Crippen LogP contribution in [0.1, 0.15) is 58.2 Å². The predicted octanol–water partition coefficient (Wildman–Crippen LogP) is 2.13. The van der Waals surface area contributed by atoms with Crippen molar-refractivity contribution in [2.45, 2.75) is 59.5 Å². The Morgan fingerprint density at radius 2 is 1.71 bits per heavy atom. The van der Waals surface area contributed by atoms with Crippen LogP contribution in [-0.2, 0) is 11.2 Å². The third-order valence-corrected chi connectivity index (χ3v) is 3.85. The molecule has 3 amide bonds. The lowest BCUT2D eigenvalue weighted by Crippen LogP contribution is -2.88. The number of carbonyl (C=O) groups excluding carboxylic acids is 2. The van der Waals surface area contributed by atoms with Gasteiger partial charge in [0.15, 0.2) is 6.54 Å². The Morgan fingerprint density at radius 1 is 1.08 bits per heavy atom. The lowest BCUT2D eigenvalue weighted by atomic mass is 9.94. The Hall–Kier alpha value is -1.88. The highest BCUT2D eigenvalue weighted by atomic mass is 16.2. The van der Waals surface area contributed by atoms with Gasteiger partial charge in [0.25, 0.3) is 5.91 Å². The van der Waals surface area contributed by atoms with E-state index in [1.165, 1.54) is 11.1 Å². The molecule has 5 heteroatoms. The Morgan fingerprint density at radius 3 is 2.21 bits per heavy atom. The van der Waals surface area contributed by atoms with Gasteiger partial charge in [0, 0.05) is 17.5 Å². The minimum absolute atomic E-state index is 0.00632. The summed E-state index contributed by atoms with van der Waals surface area (Å²) in [5, 5.41) is 7.01. The fraction of sp³-hybridized carbons (Fsp3) is 0.579. The van der Waals surface area contributed by atoms with Gasteiger partial charge in [0.1, 0.15) is 6.04 Å². The van der Waals surface area contributed by atoms with Gasteiger partial charge in [-0.3, -0.25) is 10.1 Å². The van der Waals surface area contributed by atoms with E-state index in [1.807, 2.05) is 19.2 Å². The summed E-state index contributed by atoms with van der Waals surface area (Å²) in [7, 11) is 0. The fourth-order valence-electron chi connectivity index (χ4n) is 2.70. The quantitative estimate of drug-likeness (QED) is 0.681. The predicted molar refractivity (Wildman–Crippen MR) is 96.6 cm³/mol. The summed E-state index contributed by atoms with van der Waals surface area (Å²) in [5.74, 6) is 0.112. The van der Waals surface area contributed by atoms with Crippen LogP contribution in [0.4, 0.5) is 4.79 Å². The van der Waals surface area contributed by atoms with Crippen molar-refractivity contribution < 1.29 is 14.9 Å². The van der Waals surface area contributed by atoms with E-state index in [9.17, 15) is 9.59 Å². The van der Waals surface area contributed by atoms with Crippen LogP contribution in [0.25, 0.3) is 0 Å². The molecule has 1 aromatic rings. The normalized spacial score (nSPS) is 12.3. The number of benzene rings is 1. The SMILES string of the molecule is CCCc1ccc([C@H]([NH2+]CC(=O)NC(=O)NC(C)C)C(C)C)cc1. The van der Waals surface area contributed by atoms with E-state index in [4.69, 9.17) is 0 Å². The first kappa shape index (κ1) is 20.2. The van der Waals surface area contributed by atoms with Gasteiger partial charge in [-0.2, -0.15) is 0 Å². The van der Waals surface area contributed by atoms with Crippen LogP contribution >= 0.6 is 0 Å². The fourth-order valence-corrected chi connectivity index (χ4v) is 2.70. The third kappa shape index (κ3) is 7.13. The Kier molecular flexibility index (Phi) is 8.47. The van der Waals surface area contributed by atoms with Gasteiger partial charge in [-0.05, 0) is 25.8 Å². The van der Waals surface area contributed by atoms with E-state index in [0.29, 0.717) is 5.92 Å². The summed E-state index contributed by atoms with van der Waals surface area (Å²) in [5.41, 5.74) is 2.55. The summed E-state index contributed by atoms with van der Waals surface area (Å²) < 4.78 is 0. The van der Waals surface area contributed by atoms with Gasteiger partial charge in [-0.1, -0.05) is 51.5 Å². The first-order chi connectivity index (χ1) is 11.3. The number of nitrogens with one attached hydrogen (secondary N) is 2. The molecule has 4 N–H and O–H groups in total. The standard InChI is InChI=1S/C19H31N3O2/c1-6-7-15-8-10-16(11-9-15)18(13(2)3)20-12-17(23)22-19(24)21-14(4)5/h8-11,13-14,18,20H,6-7,12H2,1-5H3,(H2,21,22,23,24)/p+1/t18-/m1/s1. The van der Waals surface area contributed by atoms with Gasteiger partial charge in [0.05, 0.1) is 0 Å². The van der Waals surface area contributed by atoms with Crippen LogP contribution in [0.2, 0.25) is 0 Å². The molecule has 0 fully saturated rings. The molecular formula is C19H32N3O2+. The number of nitrogens with two attached hydrogens (primary N) is 1. The number of amides is 3. The van der Waals surface area contributed by atoms with Crippen LogP contribution in [-0.4, -0.2) is 24.5 Å². The Balaban J connectivity index is 2.60. The topological polar surface area (TPSA) is 74.8 Å². The molecule has 0 bridgehead atoms. The molecule has 0 radical (unpaired) electrons. The number of quaternary nitrogens is 1. The second-order valence-electron chi connectivity index (χ2n) is 6.88. The maximum absolute atomic E-state index is 11.9. The van der Waals surface area contributed by atoms with Crippen molar-refractivity contribution in [2.75, 3.05) is 6.54 Å². The molecule has 0 aromatic heterocycles. The van der Waals surface area contributed by atoms with Crippen LogP contribution < -0.4 is 16.0 Å². The van der Waals surface area contributed by atoms with Crippen molar-refractivity contribution in [3.05, 3.63) is 35.4 Å². The van der Waals surface area contributed by atoms with Crippen molar-refractivity contribution in [1.29, 1.82) is 0 Å². The van der Waals surface area contributed by atoms with Crippen molar-refractivity contribution in [3.8, 4) is 0 Å². The van der Waals surface area contributed by atoms with Gasteiger partial charge < -0.3 is 10.6 Å². The number of imide groups is 1. The number of aryl methyl sites for hydroxylation is 1. The first-order valence-corrected chi connectivity index (χ1v) is 8.86. The van der Waals surface area contributed by atoms with Crippen molar-refractivity contribution in [3.63, 3.8) is 0 Å². The van der Waals surface area contributed by atoms with Gasteiger partial charge in [-0.15, -0.1) is 0 Å². The maximum Gasteiger partial charge on any atom is 0.321 e. The van der Waals surface area contributed by atoms with Gasteiger partial charge in [-0.25, -0.2) is 4.79 Å². The monoisotopic (exact) mass is 334 g/mol. The van der Waals surface area contributed by atoms with E-state index in [-0.39, 0.29) is 24.5 Å². The second kappa shape index (κ2) is 10.1. The molecule has 134 valence electrons. The molecule has 5 nitrogen and oxygen atoms in total. The number of urea groups is 1. The van der Waals surface area contributed by atoms with Crippen LogP contribution in [0.15, 0.2) is 24.3 Å². The average molecular weight is 334 g/mol. The lowest BCUT2D eigenvalue weighted by Gasteiger charge is -2.20. The zero-order valence-electron chi connectivity index (χ0n) is 15.6. The number of hydrogen-bond donors (Lipinski definition) is 3. The molecule has 0 aliphatic carbocycles. The molecule has 0 aliphatic heterocycles. The maximum atomic E-state index is 11.9. The van der Waals surface area contributed by atoms with E-state index >= 15 is 0 Å². The molecule has 0 saturated carbocycles. The molecule has 0 saturated heterocycles. The zero-order chi connectivity index (χ0) is 18.1. The molecular weight excluding hydrogens is 302 g/mol. The highest BCUT2D eigenvalue weighted by molar-refractivity contribution is 5.94. The van der Waals surface area contributed by atoms with Crippen molar-refractivity contribution >= 4 is 11.9 Å². The highest BCUT2D eigenvalue weighted by Gasteiger charge is 2.21. The van der Waals surface area contributed by atoms with E-state index in [0.717, 1.165) is 12.8 Å². The molecule has 1 aromatic carbocycles. The smallest absolute Gasteiger partial charge is 0.321 e. The average Bonchev–Trinajstić information content (AvgIpc) is 2.48. The van der Waals surface area contributed by atoms with Gasteiger partial charge in [0.2, 0.25) is 0 Å². The Bertz CT molecular complexity index is 524. The van der Waals surface area contributed by atoms with E-state index < -0.39 is 6.03 Å². The summed E-state index contributed by atoms with van der Waals surface area (Å²) in [6, 6.07) is 8.39. The minimum Gasteiger partial charge on any atom is -0.336 e. The zero-order valence-corrected chi connectivity index (χ0v) is 15.6. The molecule has 0 unspecified atom stereocenters. The van der Waals surface area contributed by atoms with E-state index in [1.54, 1.807) is 0 Å². The van der Waals surface area contributed by atoms with Crippen LogP contribution in [0.3, 0.4) is 0 Å². The van der Waals surface area contributed by atoms with Crippen LogP contribution in [0.5, 0.6) is 0 Å². The molecule has 1 atom stereocenters. The highest BCUT2D eigenvalue weighted by Crippen LogP contribution is 2.18. The number of hydrogen-bond acceptors (Lipinski definition) is 2. The lowest BCUT2D eigenvalue weighted by molar-refractivity contribution is -0.692. The minimum atomic E-state index is -0.437. The van der Waals surface area contributed by atoms with E-state index in [2.05, 4.69) is 55.7 Å². The van der Waals surface area contributed by atoms with Crippen molar-refractivity contribution in [1.82, 2.24) is 10.6 Å². The molecule has 24 heavy (non-hydrogen) atoms. The molecule has 0 aliphatic rings. The Labute approximate surface area is 145 Å². The number of rotatable bonds is 8.